The van der Waals surface area contributed by atoms with Crippen LogP contribution in [0.2, 0.25) is 0 Å². The number of rotatable bonds is 2. The van der Waals surface area contributed by atoms with Crippen LogP contribution in [0.4, 0.5) is 6.01 Å². The maximum Gasteiger partial charge on any atom is 0.318 e. The second-order valence-corrected chi connectivity index (χ2v) is 6.55. The van der Waals surface area contributed by atoms with Crippen LogP contribution in [0, 0.1) is 0 Å². The molecule has 6 rings (SSSR count). The highest BCUT2D eigenvalue weighted by molar-refractivity contribution is 5.41. The van der Waals surface area contributed by atoms with E-state index in [1.165, 1.54) is 13.1 Å². The first-order valence-corrected chi connectivity index (χ1v) is 8.58. The Hall–Kier alpha value is -2.28. The third-order valence-corrected chi connectivity index (χ3v) is 5.11. The molecule has 1 aromatic heterocycles. The van der Waals surface area contributed by atoms with E-state index in [0.29, 0.717) is 24.6 Å². The molecule has 0 amide bonds. The summed E-state index contributed by atoms with van der Waals surface area (Å²) in [7, 11) is 0. The Balaban J connectivity index is 1.36. The van der Waals surface area contributed by atoms with Gasteiger partial charge in [-0.1, -0.05) is 17.2 Å². The predicted molar refractivity (Wildman–Crippen MR) is 86.4 cm³/mol. The van der Waals surface area contributed by atoms with Crippen LogP contribution >= 0.6 is 0 Å². The minimum atomic E-state index is -0.354. The summed E-state index contributed by atoms with van der Waals surface area (Å²) in [6, 6.07) is 8.75. The van der Waals surface area contributed by atoms with Gasteiger partial charge in [-0.25, -0.2) is 0 Å². The number of hydrogen-bond donors (Lipinski definition) is 0. The number of fused-ring (bicyclic) bond motifs is 5. The normalized spacial score (nSPS) is 28.7. The summed E-state index contributed by atoms with van der Waals surface area (Å²) in [6.45, 7) is 4.72. The largest absolute Gasteiger partial charge is 0.485 e. The number of ether oxygens (including phenoxy) is 2. The van der Waals surface area contributed by atoms with Crippen LogP contribution in [0.1, 0.15) is 24.8 Å². The molecule has 1 unspecified atom stereocenters. The predicted octanol–water partition coefficient (Wildman–Crippen LogP) is 1.87. The number of nitrogens with zero attached hydrogens (tertiary/aromatic N) is 4. The molecule has 24 heavy (non-hydrogen) atoms. The molecule has 1 atom stereocenters. The second-order valence-electron chi connectivity index (χ2n) is 6.55. The summed E-state index contributed by atoms with van der Waals surface area (Å²) < 4.78 is 17.7. The van der Waals surface area contributed by atoms with Crippen LogP contribution in [0.5, 0.6) is 11.5 Å². The van der Waals surface area contributed by atoms with Gasteiger partial charge in [0, 0.05) is 32.2 Å². The zero-order valence-electron chi connectivity index (χ0n) is 13.4. The first kappa shape index (κ1) is 14.1. The van der Waals surface area contributed by atoms with Gasteiger partial charge in [-0.3, -0.25) is 0 Å². The zero-order valence-corrected chi connectivity index (χ0v) is 13.4. The van der Waals surface area contributed by atoms with Crippen molar-refractivity contribution in [1.29, 1.82) is 0 Å². The topological polar surface area (TPSA) is 63.9 Å². The molecule has 5 heterocycles. The zero-order chi connectivity index (χ0) is 15.9. The molecule has 4 aliphatic heterocycles. The summed E-state index contributed by atoms with van der Waals surface area (Å²) in [4.78, 5) is 4.77. The number of hydrogen-bond acceptors (Lipinski definition) is 7. The highest BCUT2D eigenvalue weighted by atomic mass is 16.6. The Bertz CT molecular complexity index is 726. The Labute approximate surface area is 140 Å². The van der Waals surface area contributed by atoms with Gasteiger partial charge in [0.15, 0.2) is 11.5 Å². The molecule has 3 saturated heterocycles. The molecule has 1 aromatic carbocycles. The van der Waals surface area contributed by atoms with Crippen LogP contribution < -0.4 is 14.4 Å². The molecule has 3 fully saturated rings. The van der Waals surface area contributed by atoms with Gasteiger partial charge in [0.25, 0.3) is 5.89 Å². The van der Waals surface area contributed by atoms with Crippen molar-refractivity contribution in [2.75, 3.05) is 37.7 Å². The Morgan fingerprint density at radius 1 is 0.958 bits per heavy atom. The Morgan fingerprint density at radius 3 is 2.67 bits per heavy atom. The minimum absolute atomic E-state index is 0.354. The van der Waals surface area contributed by atoms with Crippen LogP contribution in [0.25, 0.3) is 0 Å². The van der Waals surface area contributed by atoms with Crippen molar-refractivity contribution >= 4 is 6.01 Å². The first-order valence-electron chi connectivity index (χ1n) is 8.58. The van der Waals surface area contributed by atoms with E-state index in [0.717, 1.165) is 37.4 Å². The highest BCUT2D eigenvalue weighted by Crippen LogP contribution is 2.36. The molecule has 0 saturated carbocycles. The van der Waals surface area contributed by atoms with Gasteiger partial charge in [-0.05, 0) is 25.0 Å². The molecule has 2 aromatic rings. The molecule has 4 aliphatic rings. The molecule has 7 heteroatoms. The van der Waals surface area contributed by atoms with Crippen molar-refractivity contribution in [2.45, 2.75) is 25.0 Å². The van der Waals surface area contributed by atoms with E-state index >= 15 is 0 Å². The van der Waals surface area contributed by atoms with Crippen LogP contribution in [-0.2, 0) is 0 Å². The monoisotopic (exact) mass is 328 g/mol. The average Bonchev–Trinajstić information content (AvgIpc) is 2.94. The third-order valence-electron chi connectivity index (χ3n) is 5.11. The number of anilines is 1. The van der Waals surface area contributed by atoms with E-state index in [1.807, 2.05) is 24.3 Å². The van der Waals surface area contributed by atoms with E-state index in [9.17, 15) is 0 Å². The summed E-state index contributed by atoms with van der Waals surface area (Å²) in [6.07, 6.45) is 1.97. The van der Waals surface area contributed by atoms with Crippen molar-refractivity contribution in [3.63, 3.8) is 0 Å². The smallest absolute Gasteiger partial charge is 0.318 e. The second kappa shape index (κ2) is 5.66. The SMILES string of the molecule is c1ccc2c(c1)OCC(c1nnc(N3CCN4CCC3CC4)o1)O2. The van der Waals surface area contributed by atoms with Crippen molar-refractivity contribution in [3.05, 3.63) is 30.2 Å². The van der Waals surface area contributed by atoms with Crippen LogP contribution in [-0.4, -0.2) is 53.9 Å². The minimum Gasteiger partial charge on any atom is -0.485 e. The lowest BCUT2D eigenvalue weighted by Gasteiger charge is -2.30. The van der Waals surface area contributed by atoms with Crippen molar-refractivity contribution < 1.29 is 13.9 Å². The molecule has 126 valence electrons. The van der Waals surface area contributed by atoms with E-state index < -0.39 is 0 Å². The lowest BCUT2D eigenvalue weighted by atomic mass is 10.1. The lowest BCUT2D eigenvalue weighted by Crippen LogP contribution is -2.38. The van der Waals surface area contributed by atoms with Crippen LogP contribution in [0.3, 0.4) is 0 Å². The van der Waals surface area contributed by atoms with Crippen molar-refractivity contribution in [3.8, 4) is 11.5 Å². The lowest BCUT2D eigenvalue weighted by molar-refractivity contribution is 0.0714. The molecule has 0 radical (unpaired) electrons. The summed E-state index contributed by atoms with van der Waals surface area (Å²) in [5.74, 6) is 1.96. The molecule has 0 aliphatic carbocycles. The number of piperidine rings is 1. The van der Waals surface area contributed by atoms with E-state index in [2.05, 4.69) is 20.0 Å². The number of aromatic nitrogens is 2. The van der Waals surface area contributed by atoms with Gasteiger partial charge < -0.3 is 23.7 Å². The molecular formula is C17H20N4O3. The van der Waals surface area contributed by atoms with Gasteiger partial charge in [-0.15, -0.1) is 5.10 Å². The van der Waals surface area contributed by atoms with Gasteiger partial charge in [0.05, 0.1) is 0 Å². The van der Waals surface area contributed by atoms with Gasteiger partial charge in [0.2, 0.25) is 6.10 Å². The Kier molecular flexibility index (Phi) is 3.33. The highest BCUT2D eigenvalue weighted by Gasteiger charge is 2.33. The maximum absolute atomic E-state index is 5.96. The van der Waals surface area contributed by atoms with E-state index in [4.69, 9.17) is 13.9 Å². The average molecular weight is 328 g/mol. The standard InChI is InChI=1S/C17H20N4O3/c1-2-4-14-13(3-1)22-11-15(23-14)16-18-19-17(24-16)21-10-9-20-7-5-12(21)6-8-20/h1-4,12,15H,5-11H2. The van der Waals surface area contributed by atoms with Crippen LogP contribution in [0.15, 0.2) is 28.7 Å². The molecular weight excluding hydrogens is 308 g/mol. The third kappa shape index (κ3) is 2.39. The van der Waals surface area contributed by atoms with E-state index in [-0.39, 0.29) is 6.10 Å². The number of para-hydroxylation sites is 2. The fourth-order valence-corrected chi connectivity index (χ4v) is 3.75. The van der Waals surface area contributed by atoms with E-state index in [1.54, 1.807) is 0 Å². The number of benzene rings is 1. The molecule has 0 spiro atoms. The van der Waals surface area contributed by atoms with Crippen molar-refractivity contribution in [2.24, 2.45) is 0 Å². The van der Waals surface area contributed by atoms with Gasteiger partial charge in [0.1, 0.15) is 6.61 Å². The summed E-state index contributed by atoms with van der Waals surface area (Å²) in [5, 5.41) is 8.51. The fourth-order valence-electron chi connectivity index (χ4n) is 3.75. The summed E-state index contributed by atoms with van der Waals surface area (Å²) >= 11 is 0. The quantitative estimate of drug-likeness (QED) is 0.834. The Morgan fingerprint density at radius 2 is 1.79 bits per heavy atom. The molecule has 7 nitrogen and oxygen atoms in total. The molecule has 0 N–H and O–H groups in total. The summed E-state index contributed by atoms with van der Waals surface area (Å²) in [5.41, 5.74) is 0. The fraction of sp³-hybridized carbons (Fsp3) is 0.529. The maximum atomic E-state index is 5.96. The van der Waals surface area contributed by atoms with Crippen molar-refractivity contribution in [1.82, 2.24) is 15.1 Å². The van der Waals surface area contributed by atoms with Gasteiger partial charge >= 0.3 is 6.01 Å². The molecule has 2 bridgehead atoms. The first-order chi connectivity index (χ1) is 11.9. The van der Waals surface area contributed by atoms with Gasteiger partial charge in [-0.2, -0.15) is 0 Å².